The number of aliphatic carboxylic acids is 1. The van der Waals surface area contributed by atoms with Gasteiger partial charge in [-0.1, -0.05) is 38.1 Å². The lowest BCUT2D eigenvalue weighted by atomic mass is 9.93. The molecule has 7 heteroatoms. The average molecular weight is 390 g/mol. The second-order valence-corrected chi connectivity index (χ2v) is 8.63. The Kier molecular flexibility index (Phi) is 6.69. The van der Waals surface area contributed by atoms with Gasteiger partial charge in [0.1, 0.15) is 17.7 Å². The molecule has 2 rings (SSSR count). The molecule has 2 amide bonds. The van der Waals surface area contributed by atoms with E-state index < -0.39 is 35.7 Å². The number of hydrogen-bond donors (Lipinski definition) is 2. The van der Waals surface area contributed by atoms with Gasteiger partial charge in [-0.25, -0.2) is 9.59 Å². The van der Waals surface area contributed by atoms with Crippen molar-refractivity contribution in [1.29, 1.82) is 0 Å². The molecule has 0 spiro atoms. The van der Waals surface area contributed by atoms with Gasteiger partial charge in [0.15, 0.2) is 0 Å². The van der Waals surface area contributed by atoms with Crippen molar-refractivity contribution in [1.82, 2.24) is 10.2 Å². The standard InChI is InChI=1S/C21H30N2O5/c1-13(2)10-16(19(25)26)22-18(24)17-11-14-8-6-7-9-15(14)12-23(17)20(27)28-21(3,4)5/h6-9,13,16-17H,10-12H2,1-5H3,(H,22,24)(H,25,26)/t16-,17-/m0/s1. The highest BCUT2D eigenvalue weighted by molar-refractivity contribution is 5.90. The molecule has 0 unspecified atom stereocenters. The number of nitrogens with zero attached hydrogens (tertiary/aromatic N) is 1. The molecule has 1 aliphatic heterocycles. The van der Waals surface area contributed by atoms with Gasteiger partial charge < -0.3 is 15.2 Å². The molecular weight excluding hydrogens is 360 g/mol. The van der Waals surface area contributed by atoms with E-state index in [9.17, 15) is 19.5 Å². The van der Waals surface area contributed by atoms with Crippen LogP contribution in [0.1, 0.15) is 52.2 Å². The van der Waals surface area contributed by atoms with Crippen molar-refractivity contribution in [3.63, 3.8) is 0 Å². The minimum absolute atomic E-state index is 0.107. The fourth-order valence-electron chi connectivity index (χ4n) is 3.23. The number of rotatable bonds is 5. The molecule has 2 atom stereocenters. The number of nitrogens with one attached hydrogen (secondary N) is 1. The van der Waals surface area contributed by atoms with E-state index in [4.69, 9.17) is 4.74 Å². The van der Waals surface area contributed by atoms with E-state index >= 15 is 0 Å². The Balaban J connectivity index is 2.27. The van der Waals surface area contributed by atoms with Gasteiger partial charge in [-0.2, -0.15) is 0 Å². The minimum Gasteiger partial charge on any atom is -0.480 e. The van der Waals surface area contributed by atoms with Crippen LogP contribution in [0.5, 0.6) is 0 Å². The monoisotopic (exact) mass is 390 g/mol. The lowest BCUT2D eigenvalue weighted by molar-refractivity contribution is -0.143. The molecule has 28 heavy (non-hydrogen) atoms. The van der Waals surface area contributed by atoms with Crippen molar-refractivity contribution < 1.29 is 24.2 Å². The zero-order valence-corrected chi connectivity index (χ0v) is 17.2. The smallest absolute Gasteiger partial charge is 0.411 e. The first kappa shape index (κ1) is 21.7. The van der Waals surface area contributed by atoms with Crippen molar-refractivity contribution in [2.24, 2.45) is 5.92 Å². The van der Waals surface area contributed by atoms with Crippen molar-refractivity contribution in [2.75, 3.05) is 0 Å². The van der Waals surface area contributed by atoms with Gasteiger partial charge in [0.2, 0.25) is 5.91 Å². The van der Waals surface area contributed by atoms with E-state index in [1.165, 1.54) is 4.90 Å². The fraction of sp³-hybridized carbons (Fsp3) is 0.571. The van der Waals surface area contributed by atoms with Gasteiger partial charge in [-0.3, -0.25) is 9.69 Å². The van der Waals surface area contributed by atoms with Gasteiger partial charge in [0.05, 0.1) is 6.54 Å². The minimum atomic E-state index is -1.08. The predicted octanol–water partition coefficient (Wildman–Crippen LogP) is 2.96. The summed E-state index contributed by atoms with van der Waals surface area (Å²) in [5.74, 6) is -1.45. The second-order valence-electron chi connectivity index (χ2n) is 8.63. The highest BCUT2D eigenvalue weighted by Gasteiger charge is 2.38. The number of carbonyl (C=O) groups excluding carboxylic acids is 2. The third-order valence-electron chi connectivity index (χ3n) is 4.50. The van der Waals surface area contributed by atoms with E-state index in [0.717, 1.165) is 11.1 Å². The summed E-state index contributed by atoms with van der Waals surface area (Å²) in [6.07, 6.45) is 0.0457. The highest BCUT2D eigenvalue weighted by Crippen LogP contribution is 2.25. The SMILES string of the molecule is CC(C)C[C@H](NC(=O)[C@@H]1Cc2ccccc2CN1C(=O)OC(C)(C)C)C(=O)O. The number of amides is 2. The molecule has 1 aromatic carbocycles. The maximum atomic E-state index is 13.0. The third kappa shape index (κ3) is 5.71. The largest absolute Gasteiger partial charge is 0.480 e. The van der Waals surface area contributed by atoms with Gasteiger partial charge in [-0.15, -0.1) is 0 Å². The first-order valence-corrected chi connectivity index (χ1v) is 9.57. The molecule has 0 aromatic heterocycles. The number of fused-ring (bicyclic) bond motifs is 1. The van der Waals surface area contributed by atoms with Crippen LogP contribution in [0, 0.1) is 5.92 Å². The molecule has 7 nitrogen and oxygen atoms in total. The summed E-state index contributed by atoms with van der Waals surface area (Å²) in [6.45, 7) is 9.33. The molecule has 154 valence electrons. The molecule has 0 aliphatic carbocycles. The molecule has 2 N–H and O–H groups in total. The van der Waals surface area contributed by atoms with Crippen LogP contribution < -0.4 is 5.32 Å². The van der Waals surface area contributed by atoms with Crippen molar-refractivity contribution in [3.8, 4) is 0 Å². The molecule has 0 radical (unpaired) electrons. The van der Waals surface area contributed by atoms with Crippen molar-refractivity contribution >= 4 is 18.0 Å². The molecule has 1 aromatic rings. The number of ether oxygens (including phenoxy) is 1. The predicted molar refractivity (Wildman–Crippen MR) is 105 cm³/mol. The first-order chi connectivity index (χ1) is 13.0. The number of carboxylic acids is 1. The lowest BCUT2D eigenvalue weighted by Gasteiger charge is -2.37. The molecule has 0 saturated carbocycles. The van der Waals surface area contributed by atoms with Crippen LogP contribution >= 0.6 is 0 Å². The quantitative estimate of drug-likeness (QED) is 0.806. The Bertz CT molecular complexity index is 739. The van der Waals surface area contributed by atoms with Crippen LogP contribution in [0.25, 0.3) is 0 Å². The first-order valence-electron chi connectivity index (χ1n) is 9.57. The molecule has 0 bridgehead atoms. The van der Waals surface area contributed by atoms with E-state index in [2.05, 4.69) is 5.32 Å². The Morgan fingerprint density at radius 1 is 1.21 bits per heavy atom. The van der Waals surface area contributed by atoms with Gasteiger partial charge in [0, 0.05) is 6.42 Å². The van der Waals surface area contributed by atoms with Crippen LogP contribution in [0.2, 0.25) is 0 Å². The van der Waals surface area contributed by atoms with Crippen LogP contribution in [0.4, 0.5) is 4.79 Å². The molecule has 0 fully saturated rings. The summed E-state index contributed by atoms with van der Waals surface area (Å²) in [7, 11) is 0. The van der Waals surface area contributed by atoms with Crippen molar-refractivity contribution in [2.45, 2.75) is 71.7 Å². The highest BCUT2D eigenvalue weighted by atomic mass is 16.6. The number of benzene rings is 1. The summed E-state index contributed by atoms with van der Waals surface area (Å²) in [4.78, 5) is 38.6. The normalized spacial score (nSPS) is 17.6. The van der Waals surface area contributed by atoms with Gasteiger partial charge >= 0.3 is 12.1 Å². The Morgan fingerprint density at radius 3 is 2.36 bits per heavy atom. The van der Waals surface area contributed by atoms with Gasteiger partial charge in [-0.05, 0) is 44.2 Å². The summed E-state index contributed by atoms with van der Waals surface area (Å²) < 4.78 is 5.48. The summed E-state index contributed by atoms with van der Waals surface area (Å²) in [6, 6.07) is 5.79. The van der Waals surface area contributed by atoms with Crippen molar-refractivity contribution in [3.05, 3.63) is 35.4 Å². The fourth-order valence-corrected chi connectivity index (χ4v) is 3.23. The number of hydrogen-bond acceptors (Lipinski definition) is 4. The van der Waals surface area contributed by atoms with E-state index in [1.54, 1.807) is 20.8 Å². The Morgan fingerprint density at radius 2 is 1.82 bits per heavy atom. The molecular formula is C21H30N2O5. The summed E-state index contributed by atoms with van der Waals surface area (Å²) in [5, 5.41) is 12.0. The van der Waals surface area contributed by atoms with E-state index in [1.807, 2.05) is 38.1 Å². The van der Waals surface area contributed by atoms with Gasteiger partial charge in [0.25, 0.3) is 0 Å². The second kappa shape index (κ2) is 8.63. The average Bonchev–Trinajstić information content (AvgIpc) is 2.57. The topological polar surface area (TPSA) is 95.9 Å². The van der Waals surface area contributed by atoms with Crippen LogP contribution in [-0.2, 0) is 27.3 Å². The van der Waals surface area contributed by atoms with E-state index in [0.29, 0.717) is 12.8 Å². The number of carbonyl (C=O) groups is 3. The lowest BCUT2D eigenvalue weighted by Crippen LogP contribution is -2.56. The third-order valence-corrected chi connectivity index (χ3v) is 4.50. The van der Waals surface area contributed by atoms with Crippen LogP contribution in [0.15, 0.2) is 24.3 Å². The maximum Gasteiger partial charge on any atom is 0.411 e. The van der Waals surface area contributed by atoms with Crippen LogP contribution in [-0.4, -0.2) is 45.7 Å². The molecule has 1 heterocycles. The van der Waals surface area contributed by atoms with E-state index in [-0.39, 0.29) is 12.5 Å². The Labute approximate surface area is 166 Å². The molecule has 1 aliphatic rings. The zero-order chi connectivity index (χ0) is 21.1. The summed E-state index contributed by atoms with van der Waals surface area (Å²) in [5.41, 5.74) is 1.23. The van der Waals surface area contributed by atoms with Crippen LogP contribution in [0.3, 0.4) is 0 Å². The molecule has 0 saturated heterocycles. The maximum absolute atomic E-state index is 13.0. The number of carboxylic acid groups (broad SMARTS) is 1. The Hall–Kier alpha value is -2.57. The summed E-state index contributed by atoms with van der Waals surface area (Å²) >= 11 is 0. The zero-order valence-electron chi connectivity index (χ0n) is 17.2.